The average molecular weight is 241 g/mol. The van der Waals surface area contributed by atoms with Crippen molar-refractivity contribution in [2.45, 2.75) is 25.4 Å². The van der Waals surface area contributed by atoms with Crippen molar-refractivity contribution in [1.82, 2.24) is 15.5 Å². The lowest BCUT2D eigenvalue weighted by Gasteiger charge is -2.13. The number of phenols is 1. The number of rotatable bonds is 3. The van der Waals surface area contributed by atoms with Crippen LogP contribution in [0.1, 0.15) is 29.3 Å². The van der Waals surface area contributed by atoms with E-state index in [0.717, 1.165) is 25.1 Å². The summed E-state index contributed by atoms with van der Waals surface area (Å²) in [6, 6.07) is 9.83. The lowest BCUT2D eigenvalue weighted by Crippen LogP contribution is -2.19. The Bertz CT molecular complexity index is 542. The first kappa shape index (κ1) is 11.2. The third-order valence-corrected chi connectivity index (χ3v) is 3.36. The lowest BCUT2D eigenvalue weighted by atomic mass is 10.1. The van der Waals surface area contributed by atoms with E-state index in [1.165, 1.54) is 11.1 Å². The molecule has 1 atom stereocenters. The Morgan fingerprint density at radius 1 is 1.33 bits per heavy atom. The number of aromatic hydroxyl groups is 1. The number of fused-ring (bicyclic) bond motifs is 1. The number of nitrogens with zero attached hydrogens (tertiary/aromatic N) is 2. The highest BCUT2D eigenvalue weighted by Crippen LogP contribution is 2.33. The van der Waals surface area contributed by atoms with Crippen molar-refractivity contribution < 1.29 is 5.11 Å². The molecule has 0 saturated carbocycles. The van der Waals surface area contributed by atoms with E-state index in [9.17, 15) is 5.11 Å². The summed E-state index contributed by atoms with van der Waals surface area (Å²) in [6.07, 6.45) is 3.76. The first-order chi connectivity index (χ1) is 8.83. The zero-order chi connectivity index (χ0) is 12.4. The fourth-order valence-corrected chi connectivity index (χ4v) is 2.47. The molecule has 0 saturated heterocycles. The van der Waals surface area contributed by atoms with Crippen molar-refractivity contribution in [2.24, 2.45) is 0 Å². The maximum Gasteiger partial charge on any atom is 0.115 e. The van der Waals surface area contributed by atoms with Gasteiger partial charge in [0.2, 0.25) is 0 Å². The number of hydrogen-bond acceptors (Lipinski definition) is 4. The molecular weight excluding hydrogens is 226 g/mol. The Balaban J connectivity index is 1.70. The summed E-state index contributed by atoms with van der Waals surface area (Å²) in [5.74, 6) is 0.350. The van der Waals surface area contributed by atoms with Crippen LogP contribution in [0.15, 0.2) is 36.5 Å². The molecule has 4 heteroatoms. The summed E-state index contributed by atoms with van der Waals surface area (Å²) >= 11 is 0. The second-order valence-corrected chi connectivity index (χ2v) is 4.57. The van der Waals surface area contributed by atoms with Crippen molar-refractivity contribution in [2.75, 3.05) is 0 Å². The number of hydrogen-bond donors (Lipinski definition) is 2. The Kier molecular flexibility index (Phi) is 2.94. The van der Waals surface area contributed by atoms with E-state index in [1.807, 2.05) is 24.3 Å². The zero-order valence-electron chi connectivity index (χ0n) is 10.0. The molecular formula is C14H15N3O. The summed E-state index contributed by atoms with van der Waals surface area (Å²) in [6.45, 7) is 0.721. The average Bonchev–Trinajstić information content (AvgIpc) is 2.80. The molecule has 1 aromatic heterocycles. The van der Waals surface area contributed by atoms with Crippen LogP contribution in [-0.2, 0) is 13.0 Å². The fraction of sp³-hybridized carbons (Fsp3) is 0.286. The van der Waals surface area contributed by atoms with Gasteiger partial charge in [-0.1, -0.05) is 6.07 Å². The summed E-state index contributed by atoms with van der Waals surface area (Å²) < 4.78 is 0. The number of aryl methyl sites for hydroxylation is 1. The molecule has 1 unspecified atom stereocenters. The van der Waals surface area contributed by atoms with Crippen LogP contribution in [0.5, 0.6) is 5.75 Å². The van der Waals surface area contributed by atoms with E-state index in [4.69, 9.17) is 0 Å². The molecule has 1 aliphatic carbocycles. The second kappa shape index (κ2) is 4.74. The van der Waals surface area contributed by atoms with Gasteiger partial charge in [0.25, 0.3) is 0 Å². The van der Waals surface area contributed by atoms with Crippen molar-refractivity contribution in [3.8, 4) is 5.75 Å². The molecule has 1 aliphatic rings. The lowest BCUT2D eigenvalue weighted by molar-refractivity contribution is 0.474. The van der Waals surface area contributed by atoms with E-state index in [0.29, 0.717) is 11.8 Å². The van der Waals surface area contributed by atoms with Crippen molar-refractivity contribution in [1.29, 1.82) is 0 Å². The van der Waals surface area contributed by atoms with E-state index < -0.39 is 0 Å². The molecule has 4 nitrogen and oxygen atoms in total. The van der Waals surface area contributed by atoms with Gasteiger partial charge in [0.05, 0.1) is 5.69 Å². The quantitative estimate of drug-likeness (QED) is 0.862. The molecule has 92 valence electrons. The van der Waals surface area contributed by atoms with Crippen LogP contribution in [0.25, 0.3) is 0 Å². The smallest absolute Gasteiger partial charge is 0.115 e. The maximum absolute atomic E-state index is 9.45. The minimum Gasteiger partial charge on any atom is -0.508 e. The van der Waals surface area contributed by atoms with Gasteiger partial charge in [0, 0.05) is 18.8 Å². The molecule has 3 rings (SSSR count). The molecule has 0 amide bonds. The minimum absolute atomic E-state index is 0.350. The number of nitrogens with one attached hydrogen (secondary N) is 1. The minimum atomic E-state index is 0.350. The van der Waals surface area contributed by atoms with Crippen molar-refractivity contribution >= 4 is 0 Å². The standard InChI is InChI=1S/C14H15N3O/c18-12-4-5-13-10(8-12)3-6-14(13)15-9-11-2-1-7-16-17-11/h1-2,4-5,7-8,14-15,18H,3,6,9H2. The molecule has 1 aromatic carbocycles. The highest BCUT2D eigenvalue weighted by atomic mass is 16.3. The molecule has 1 heterocycles. The Hall–Kier alpha value is -1.94. The Labute approximate surface area is 106 Å². The molecule has 0 radical (unpaired) electrons. The topological polar surface area (TPSA) is 58.0 Å². The van der Waals surface area contributed by atoms with Crippen LogP contribution in [0, 0.1) is 0 Å². The van der Waals surface area contributed by atoms with Gasteiger partial charge in [-0.3, -0.25) is 0 Å². The van der Waals surface area contributed by atoms with Crippen LogP contribution in [0.4, 0.5) is 0 Å². The van der Waals surface area contributed by atoms with E-state index in [-0.39, 0.29) is 0 Å². The molecule has 18 heavy (non-hydrogen) atoms. The molecule has 0 aliphatic heterocycles. The predicted molar refractivity (Wildman–Crippen MR) is 68.0 cm³/mol. The van der Waals surface area contributed by atoms with Gasteiger partial charge in [0.15, 0.2) is 0 Å². The SMILES string of the molecule is Oc1ccc2c(c1)CCC2NCc1cccnn1. The molecule has 0 fully saturated rings. The molecule has 2 aromatic rings. The molecule has 0 spiro atoms. The first-order valence-corrected chi connectivity index (χ1v) is 6.15. The zero-order valence-corrected chi connectivity index (χ0v) is 10.0. The summed E-state index contributed by atoms with van der Waals surface area (Å²) in [5, 5.41) is 20.9. The molecule has 0 bridgehead atoms. The third kappa shape index (κ3) is 2.19. The van der Waals surface area contributed by atoms with Crippen LogP contribution in [0.3, 0.4) is 0 Å². The van der Waals surface area contributed by atoms with E-state index in [2.05, 4.69) is 15.5 Å². The number of phenolic OH excluding ortho intramolecular Hbond substituents is 1. The summed E-state index contributed by atoms with van der Waals surface area (Å²) in [7, 11) is 0. The van der Waals surface area contributed by atoms with Gasteiger partial charge < -0.3 is 10.4 Å². The van der Waals surface area contributed by atoms with Gasteiger partial charge in [-0.25, -0.2) is 0 Å². The fourth-order valence-electron chi connectivity index (χ4n) is 2.47. The highest BCUT2D eigenvalue weighted by molar-refractivity contribution is 5.40. The van der Waals surface area contributed by atoms with Gasteiger partial charge in [-0.2, -0.15) is 10.2 Å². The van der Waals surface area contributed by atoms with Crippen LogP contribution in [-0.4, -0.2) is 15.3 Å². The van der Waals surface area contributed by atoms with Crippen molar-refractivity contribution in [3.05, 3.63) is 53.3 Å². The van der Waals surface area contributed by atoms with E-state index in [1.54, 1.807) is 12.3 Å². The van der Waals surface area contributed by atoms with Gasteiger partial charge in [0.1, 0.15) is 5.75 Å². The van der Waals surface area contributed by atoms with Crippen LogP contribution in [0.2, 0.25) is 0 Å². The largest absolute Gasteiger partial charge is 0.508 e. The normalized spacial score (nSPS) is 17.7. The number of benzene rings is 1. The maximum atomic E-state index is 9.45. The first-order valence-electron chi connectivity index (χ1n) is 6.15. The van der Waals surface area contributed by atoms with Gasteiger partial charge >= 0.3 is 0 Å². The summed E-state index contributed by atoms with van der Waals surface area (Å²) in [4.78, 5) is 0. The predicted octanol–water partition coefficient (Wildman–Crippen LogP) is 1.96. The summed E-state index contributed by atoms with van der Waals surface area (Å²) in [5.41, 5.74) is 3.48. The van der Waals surface area contributed by atoms with Gasteiger partial charge in [-0.15, -0.1) is 0 Å². The Morgan fingerprint density at radius 2 is 2.28 bits per heavy atom. The highest BCUT2D eigenvalue weighted by Gasteiger charge is 2.22. The number of aromatic nitrogens is 2. The van der Waals surface area contributed by atoms with Crippen LogP contribution < -0.4 is 5.32 Å². The van der Waals surface area contributed by atoms with E-state index >= 15 is 0 Å². The third-order valence-electron chi connectivity index (χ3n) is 3.36. The monoisotopic (exact) mass is 241 g/mol. The van der Waals surface area contributed by atoms with Crippen LogP contribution >= 0.6 is 0 Å². The Morgan fingerprint density at radius 3 is 3.11 bits per heavy atom. The second-order valence-electron chi connectivity index (χ2n) is 4.57. The van der Waals surface area contributed by atoms with Gasteiger partial charge in [-0.05, 0) is 48.2 Å². The van der Waals surface area contributed by atoms with Crippen molar-refractivity contribution in [3.63, 3.8) is 0 Å². The molecule has 2 N–H and O–H groups in total.